The average Bonchev–Trinajstić information content (AvgIpc) is 3.88. The van der Waals surface area contributed by atoms with Gasteiger partial charge in [-0.15, -0.1) is 10.2 Å². The average molecular weight is 682 g/mol. The molecule has 254 valence electrons. The van der Waals surface area contributed by atoms with Crippen LogP contribution in [0.4, 0.5) is 8.78 Å². The van der Waals surface area contributed by atoms with Crippen LogP contribution in [0.15, 0.2) is 82.7 Å². The molecule has 0 spiro atoms. The first-order valence-corrected chi connectivity index (χ1v) is 17.9. The largest absolute Gasteiger partial charge is 0.316 e. The summed E-state index contributed by atoms with van der Waals surface area (Å²) in [4.78, 5) is 22.4. The molecule has 0 radical (unpaired) electrons. The van der Waals surface area contributed by atoms with Crippen molar-refractivity contribution in [3.8, 4) is 11.1 Å². The van der Waals surface area contributed by atoms with E-state index in [0.717, 1.165) is 83.9 Å². The van der Waals surface area contributed by atoms with Crippen LogP contribution >= 0.6 is 11.8 Å². The molecule has 1 fully saturated rings. The van der Waals surface area contributed by atoms with E-state index in [-0.39, 0.29) is 11.4 Å². The summed E-state index contributed by atoms with van der Waals surface area (Å²) in [6.45, 7) is 3.24. The van der Waals surface area contributed by atoms with E-state index >= 15 is 0 Å². The highest BCUT2D eigenvalue weighted by atomic mass is 32.2. The number of likely N-dealkylation sites (N-methyl/N-ethyl adjacent to an activating group) is 1. The van der Waals surface area contributed by atoms with Crippen molar-refractivity contribution in [2.24, 2.45) is 0 Å². The summed E-state index contributed by atoms with van der Waals surface area (Å²) in [6, 6.07) is 23.0. The van der Waals surface area contributed by atoms with E-state index in [0.29, 0.717) is 42.1 Å². The summed E-state index contributed by atoms with van der Waals surface area (Å²) < 4.78 is 31.0. The van der Waals surface area contributed by atoms with Crippen molar-refractivity contribution in [2.75, 3.05) is 27.2 Å². The lowest BCUT2D eigenvalue weighted by Crippen LogP contribution is -2.31. The van der Waals surface area contributed by atoms with Gasteiger partial charge in [0.1, 0.15) is 18.3 Å². The Morgan fingerprint density at radius 1 is 0.816 bits per heavy atom. The third-order valence-electron chi connectivity index (χ3n) is 9.76. The molecule has 7 rings (SSSR count). The van der Waals surface area contributed by atoms with Gasteiger partial charge in [-0.05, 0) is 79.7 Å². The van der Waals surface area contributed by atoms with Gasteiger partial charge in [0.15, 0.2) is 11.0 Å². The van der Waals surface area contributed by atoms with Gasteiger partial charge in [0.05, 0.1) is 19.6 Å². The number of benzene rings is 3. The molecule has 49 heavy (non-hydrogen) atoms. The molecule has 5 aromatic rings. The van der Waals surface area contributed by atoms with E-state index in [2.05, 4.69) is 62.3 Å². The van der Waals surface area contributed by atoms with Crippen LogP contribution in [0.2, 0.25) is 0 Å². The molecule has 1 saturated heterocycles. The number of aromatic nitrogens is 5. The molecule has 0 amide bonds. The van der Waals surface area contributed by atoms with E-state index in [4.69, 9.17) is 10.2 Å². The van der Waals surface area contributed by atoms with Crippen molar-refractivity contribution in [3.05, 3.63) is 129 Å². The fourth-order valence-electron chi connectivity index (χ4n) is 6.87. The van der Waals surface area contributed by atoms with Gasteiger partial charge in [0.25, 0.3) is 5.56 Å². The quantitative estimate of drug-likeness (QED) is 0.116. The Bertz CT molecular complexity index is 1960. The zero-order chi connectivity index (χ0) is 33.9. The molecule has 0 N–H and O–H groups in total. The number of fused-ring (bicyclic) bond motifs is 1. The smallest absolute Gasteiger partial charge is 0.277 e. The second-order valence-corrected chi connectivity index (χ2v) is 14.2. The zero-order valence-electron chi connectivity index (χ0n) is 28.0. The maximum absolute atomic E-state index is 13.6. The predicted octanol–water partition coefficient (Wildman–Crippen LogP) is 6.12. The fraction of sp³-hybridized carbons (Fsp3) is 0.368. The highest BCUT2D eigenvalue weighted by molar-refractivity contribution is 7.98. The number of likely N-dealkylation sites (tertiary alicyclic amines) is 1. The summed E-state index contributed by atoms with van der Waals surface area (Å²) >= 11 is 1.49. The van der Waals surface area contributed by atoms with Crippen molar-refractivity contribution in [2.45, 2.75) is 68.9 Å². The standard InChI is InChI=1S/C38H41F2N7OS/c1-44(2)32-18-19-45(22-32)23-35-42-43-36(47(35)21-27-8-14-30(15-9-27)29-12-6-26(20-39)7-13-29)24-46-34-5-3-4-33(34)37(48)41-38(46)49-25-28-10-16-31(40)17-11-28/h6-17,32H,3-5,18-25H2,1-2H3/t32-/m0/s1. The Balaban J connectivity index is 1.20. The Morgan fingerprint density at radius 3 is 2.12 bits per heavy atom. The minimum absolute atomic E-state index is 0.156. The highest BCUT2D eigenvalue weighted by Crippen LogP contribution is 2.28. The number of alkyl halides is 1. The minimum Gasteiger partial charge on any atom is -0.316 e. The second kappa shape index (κ2) is 14.7. The molecule has 1 aliphatic heterocycles. The van der Waals surface area contributed by atoms with Crippen LogP contribution in [0.1, 0.15) is 52.4 Å². The van der Waals surface area contributed by atoms with Crippen LogP contribution in [0.3, 0.4) is 0 Å². The molecule has 8 nitrogen and oxygen atoms in total. The van der Waals surface area contributed by atoms with Crippen molar-refractivity contribution in [3.63, 3.8) is 0 Å². The molecule has 0 unspecified atom stereocenters. The first-order chi connectivity index (χ1) is 23.8. The summed E-state index contributed by atoms with van der Waals surface area (Å²) in [5.41, 5.74) is 6.52. The summed E-state index contributed by atoms with van der Waals surface area (Å²) in [5.74, 6) is 2.01. The van der Waals surface area contributed by atoms with Crippen LogP contribution in [0, 0.1) is 5.82 Å². The van der Waals surface area contributed by atoms with E-state index in [1.54, 1.807) is 12.1 Å². The lowest BCUT2D eigenvalue weighted by Gasteiger charge is -2.21. The predicted molar refractivity (Wildman–Crippen MR) is 189 cm³/mol. The van der Waals surface area contributed by atoms with Crippen molar-refractivity contribution < 1.29 is 8.78 Å². The number of hydrogen-bond donors (Lipinski definition) is 0. The fourth-order valence-corrected chi connectivity index (χ4v) is 7.83. The normalized spacial score (nSPS) is 16.1. The van der Waals surface area contributed by atoms with Crippen molar-refractivity contribution in [1.82, 2.24) is 34.1 Å². The molecule has 3 aromatic carbocycles. The Kier molecular flexibility index (Phi) is 10.0. The van der Waals surface area contributed by atoms with Gasteiger partial charge in [-0.25, -0.2) is 8.78 Å². The topological polar surface area (TPSA) is 72.1 Å². The maximum atomic E-state index is 13.6. The molecule has 2 aliphatic rings. The number of thioether (sulfide) groups is 1. The van der Waals surface area contributed by atoms with Crippen molar-refractivity contribution in [1.29, 1.82) is 0 Å². The third kappa shape index (κ3) is 7.54. The van der Waals surface area contributed by atoms with E-state index in [1.807, 2.05) is 24.3 Å². The van der Waals surface area contributed by atoms with E-state index in [9.17, 15) is 13.6 Å². The molecule has 0 bridgehead atoms. The van der Waals surface area contributed by atoms with Crippen LogP contribution in [0.25, 0.3) is 11.1 Å². The van der Waals surface area contributed by atoms with Gasteiger partial charge in [-0.1, -0.05) is 72.4 Å². The number of rotatable bonds is 12. The molecular weight excluding hydrogens is 641 g/mol. The summed E-state index contributed by atoms with van der Waals surface area (Å²) in [5, 5.41) is 10.2. The zero-order valence-corrected chi connectivity index (χ0v) is 28.8. The van der Waals surface area contributed by atoms with E-state index in [1.165, 1.54) is 23.9 Å². The van der Waals surface area contributed by atoms with Crippen molar-refractivity contribution >= 4 is 11.8 Å². The Hall–Kier alpha value is -4.19. The van der Waals surface area contributed by atoms with Gasteiger partial charge in [-0.2, -0.15) is 4.98 Å². The molecule has 3 heterocycles. The lowest BCUT2D eigenvalue weighted by atomic mass is 10.0. The number of hydrogen-bond acceptors (Lipinski definition) is 7. The highest BCUT2D eigenvalue weighted by Gasteiger charge is 2.27. The molecule has 2 aromatic heterocycles. The van der Waals surface area contributed by atoms with Gasteiger partial charge in [0.2, 0.25) is 0 Å². The third-order valence-corrected chi connectivity index (χ3v) is 10.8. The lowest BCUT2D eigenvalue weighted by molar-refractivity contribution is 0.259. The summed E-state index contributed by atoms with van der Waals surface area (Å²) in [6.07, 6.45) is 3.57. The first kappa shape index (κ1) is 33.3. The van der Waals surface area contributed by atoms with Gasteiger partial charge >= 0.3 is 0 Å². The van der Waals surface area contributed by atoms with Gasteiger partial charge in [-0.3, -0.25) is 9.69 Å². The van der Waals surface area contributed by atoms with Gasteiger partial charge in [0, 0.05) is 36.1 Å². The van der Waals surface area contributed by atoms with Gasteiger partial charge < -0.3 is 14.0 Å². The second-order valence-electron chi connectivity index (χ2n) is 13.3. The minimum atomic E-state index is -0.470. The summed E-state index contributed by atoms with van der Waals surface area (Å²) in [7, 11) is 4.27. The van der Waals surface area contributed by atoms with E-state index < -0.39 is 6.67 Å². The molecule has 1 aliphatic carbocycles. The first-order valence-electron chi connectivity index (χ1n) is 16.9. The maximum Gasteiger partial charge on any atom is 0.277 e. The van der Waals surface area contributed by atoms with Crippen LogP contribution in [0.5, 0.6) is 0 Å². The molecular formula is C38H41F2N7OS. The Labute approximate surface area is 289 Å². The molecule has 11 heteroatoms. The SMILES string of the molecule is CN(C)[C@H]1CCN(Cc2nnc(Cn3c(SCc4ccc(F)cc4)nc(=O)c4c3CCC4)n2Cc2ccc(-c3ccc(CF)cc3)cc2)C1. The van der Waals surface area contributed by atoms with Crippen LogP contribution < -0.4 is 5.56 Å². The number of halogens is 2. The van der Waals surface area contributed by atoms with Crippen LogP contribution in [-0.4, -0.2) is 67.3 Å². The monoisotopic (exact) mass is 681 g/mol. The number of nitrogens with zero attached hydrogens (tertiary/aromatic N) is 7. The molecule has 1 atom stereocenters. The molecule has 0 saturated carbocycles. The van der Waals surface area contributed by atoms with Crippen LogP contribution in [-0.2, 0) is 44.9 Å². The Morgan fingerprint density at radius 2 is 1.47 bits per heavy atom.